The third-order valence-electron chi connectivity index (χ3n) is 4.74. The Bertz CT molecular complexity index is 535. The molecule has 0 N–H and O–H groups in total. The summed E-state index contributed by atoms with van der Waals surface area (Å²) in [5, 5.41) is 1.36. The molecule has 0 saturated heterocycles. The Labute approximate surface area is 116 Å². The van der Waals surface area contributed by atoms with Gasteiger partial charge in [-0.3, -0.25) is 4.98 Å². The van der Waals surface area contributed by atoms with E-state index >= 15 is 0 Å². The lowest BCUT2D eigenvalue weighted by Gasteiger charge is -2.30. The van der Waals surface area contributed by atoms with Crippen molar-refractivity contribution in [1.82, 2.24) is 4.98 Å². The second kappa shape index (κ2) is 5.73. The fourth-order valence-electron chi connectivity index (χ4n) is 3.79. The summed E-state index contributed by atoms with van der Waals surface area (Å²) in [6.45, 7) is 2.34. The Hall–Kier alpha value is -1.37. The molecule has 1 heteroatoms. The topological polar surface area (TPSA) is 12.9 Å². The highest BCUT2D eigenvalue weighted by Crippen LogP contribution is 2.39. The number of para-hydroxylation sites is 1. The molecule has 1 aliphatic carbocycles. The van der Waals surface area contributed by atoms with Crippen LogP contribution < -0.4 is 0 Å². The molecule has 1 atom stereocenters. The van der Waals surface area contributed by atoms with E-state index in [1.54, 1.807) is 0 Å². The Morgan fingerprint density at radius 2 is 1.89 bits per heavy atom. The summed E-state index contributed by atoms with van der Waals surface area (Å²) in [7, 11) is 0. The van der Waals surface area contributed by atoms with Crippen molar-refractivity contribution in [2.75, 3.05) is 0 Å². The average molecular weight is 253 g/mol. The van der Waals surface area contributed by atoms with Gasteiger partial charge in [-0.2, -0.15) is 0 Å². The number of rotatable bonds is 3. The summed E-state index contributed by atoms with van der Waals surface area (Å²) >= 11 is 0. The monoisotopic (exact) mass is 253 g/mol. The first-order valence-corrected chi connectivity index (χ1v) is 7.74. The summed E-state index contributed by atoms with van der Waals surface area (Å²) < 4.78 is 0. The molecular weight excluding hydrogens is 230 g/mol. The second-order valence-electron chi connectivity index (χ2n) is 5.83. The first-order valence-electron chi connectivity index (χ1n) is 7.74. The fraction of sp³-hybridized carbons (Fsp3) is 0.500. The van der Waals surface area contributed by atoms with Crippen LogP contribution in [0, 0.1) is 5.92 Å². The highest BCUT2D eigenvalue weighted by molar-refractivity contribution is 5.82. The average Bonchev–Trinajstić information content (AvgIpc) is 2.49. The first kappa shape index (κ1) is 12.7. The number of aromatic nitrogens is 1. The molecule has 1 aromatic heterocycles. The zero-order chi connectivity index (χ0) is 13.1. The third kappa shape index (κ3) is 2.51. The minimum atomic E-state index is 0.716. The van der Waals surface area contributed by atoms with Crippen molar-refractivity contribution in [2.24, 2.45) is 5.92 Å². The number of pyridine rings is 1. The Morgan fingerprint density at radius 1 is 1.11 bits per heavy atom. The van der Waals surface area contributed by atoms with Crippen molar-refractivity contribution in [1.29, 1.82) is 0 Å². The molecule has 1 aliphatic rings. The van der Waals surface area contributed by atoms with E-state index in [2.05, 4.69) is 42.2 Å². The standard InChI is InChI=1S/C18H23N/c1-2-15(14-8-4-3-5-9-14)16-12-13-19-18-11-7-6-10-17(16)18/h6-7,10-15H,2-5,8-9H2,1H3. The van der Waals surface area contributed by atoms with Crippen LogP contribution in [-0.2, 0) is 0 Å². The molecule has 1 unspecified atom stereocenters. The molecule has 1 saturated carbocycles. The van der Waals surface area contributed by atoms with Crippen LogP contribution >= 0.6 is 0 Å². The minimum absolute atomic E-state index is 0.716. The minimum Gasteiger partial charge on any atom is -0.256 e. The third-order valence-corrected chi connectivity index (χ3v) is 4.74. The number of nitrogens with zero attached hydrogens (tertiary/aromatic N) is 1. The number of hydrogen-bond acceptors (Lipinski definition) is 1. The maximum absolute atomic E-state index is 4.50. The van der Waals surface area contributed by atoms with Gasteiger partial charge < -0.3 is 0 Å². The van der Waals surface area contributed by atoms with Crippen molar-refractivity contribution in [2.45, 2.75) is 51.4 Å². The van der Waals surface area contributed by atoms with Crippen LogP contribution in [0.2, 0.25) is 0 Å². The van der Waals surface area contributed by atoms with Gasteiger partial charge in [-0.1, -0.05) is 44.4 Å². The second-order valence-corrected chi connectivity index (χ2v) is 5.83. The molecule has 0 radical (unpaired) electrons. The summed E-state index contributed by atoms with van der Waals surface area (Å²) in [5.41, 5.74) is 2.68. The maximum Gasteiger partial charge on any atom is 0.0704 e. The van der Waals surface area contributed by atoms with Gasteiger partial charge in [0.1, 0.15) is 0 Å². The summed E-state index contributed by atoms with van der Waals surface area (Å²) in [4.78, 5) is 4.50. The molecule has 2 aromatic rings. The van der Waals surface area contributed by atoms with E-state index in [1.807, 2.05) is 6.20 Å². The van der Waals surface area contributed by atoms with Crippen molar-refractivity contribution >= 4 is 10.9 Å². The summed E-state index contributed by atoms with van der Waals surface area (Å²) in [5.74, 6) is 1.60. The van der Waals surface area contributed by atoms with E-state index < -0.39 is 0 Å². The molecule has 1 nitrogen and oxygen atoms in total. The molecule has 19 heavy (non-hydrogen) atoms. The van der Waals surface area contributed by atoms with E-state index in [-0.39, 0.29) is 0 Å². The van der Waals surface area contributed by atoms with E-state index in [9.17, 15) is 0 Å². The highest BCUT2D eigenvalue weighted by Gasteiger charge is 2.24. The van der Waals surface area contributed by atoms with Gasteiger partial charge >= 0.3 is 0 Å². The van der Waals surface area contributed by atoms with Crippen LogP contribution in [0.4, 0.5) is 0 Å². The van der Waals surface area contributed by atoms with Crippen LogP contribution in [-0.4, -0.2) is 4.98 Å². The Balaban J connectivity index is 2.00. The van der Waals surface area contributed by atoms with E-state index in [0.29, 0.717) is 5.92 Å². The van der Waals surface area contributed by atoms with Crippen LogP contribution in [0.1, 0.15) is 56.9 Å². The molecular formula is C18H23N. The predicted molar refractivity (Wildman–Crippen MR) is 81.4 cm³/mol. The van der Waals surface area contributed by atoms with E-state index in [0.717, 1.165) is 11.4 Å². The van der Waals surface area contributed by atoms with Crippen LogP contribution in [0.3, 0.4) is 0 Å². The van der Waals surface area contributed by atoms with Crippen molar-refractivity contribution in [3.05, 3.63) is 42.1 Å². The van der Waals surface area contributed by atoms with Gasteiger partial charge in [0.15, 0.2) is 0 Å². The molecule has 1 heterocycles. The molecule has 0 bridgehead atoms. The lowest BCUT2D eigenvalue weighted by molar-refractivity contribution is 0.300. The molecule has 0 aliphatic heterocycles. The van der Waals surface area contributed by atoms with Gasteiger partial charge in [-0.15, -0.1) is 0 Å². The Morgan fingerprint density at radius 3 is 2.68 bits per heavy atom. The van der Waals surface area contributed by atoms with Crippen molar-refractivity contribution in [3.63, 3.8) is 0 Å². The smallest absolute Gasteiger partial charge is 0.0704 e. The quantitative estimate of drug-likeness (QED) is 0.722. The summed E-state index contributed by atoms with van der Waals surface area (Å²) in [6, 6.07) is 10.8. The molecule has 0 amide bonds. The molecule has 1 aromatic carbocycles. The SMILES string of the molecule is CCC(c1ccnc2ccccc12)C1CCCCC1. The summed E-state index contributed by atoms with van der Waals surface area (Å²) in [6.07, 6.45) is 10.3. The van der Waals surface area contributed by atoms with Crippen LogP contribution in [0.5, 0.6) is 0 Å². The number of hydrogen-bond donors (Lipinski definition) is 0. The fourth-order valence-corrected chi connectivity index (χ4v) is 3.79. The lowest BCUT2D eigenvalue weighted by atomic mass is 9.75. The van der Waals surface area contributed by atoms with Gasteiger partial charge in [0.2, 0.25) is 0 Å². The highest BCUT2D eigenvalue weighted by atomic mass is 14.6. The largest absolute Gasteiger partial charge is 0.256 e. The number of benzene rings is 1. The van der Waals surface area contributed by atoms with Gasteiger partial charge in [-0.05, 0) is 48.8 Å². The lowest BCUT2D eigenvalue weighted by Crippen LogP contribution is -2.16. The van der Waals surface area contributed by atoms with Crippen molar-refractivity contribution < 1.29 is 0 Å². The van der Waals surface area contributed by atoms with E-state index in [4.69, 9.17) is 0 Å². The zero-order valence-corrected chi connectivity index (χ0v) is 11.8. The molecule has 0 spiro atoms. The molecule has 100 valence electrons. The van der Waals surface area contributed by atoms with Crippen LogP contribution in [0.15, 0.2) is 36.5 Å². The predicted octanol–water partition coefficient (Wildman–Crippen LogP) is 5.31. The first-order chi connectivity index (χ1) is 9.40. The van der Waals surface area contributed by atoms with Crippen molar-refractivity contribution in [3.8, 4) is 0 Å². The van der Waals surface area contributed by atoms with Gasteiger partial charge in [0.25, 0.3) is 0 Å². The van der Waals surface area contributed by atoms with Gasteiger partial charge in [0, 0.05) is 11.6 Å². The number of fused-ring (bicyclic) bond motifs is 1. The maximum atomic E-state index is 4.50. The normalized spacial score (nSPS) is 18.6. The molecule has 3 rings (SSSR count). The Kier molecular flexibility index (Phi) is 3.82. The van der Waals surface area contributed by atoms with Gasteiger partial charge in [0.05, 0.1) is 5.52 Å². The van der Waals surface area contributed by atoms with Crippen LogP contribution in [0.25, 0.3) is 10.9 Å². The van der Waals surface area contributed by atoms with E-state index in [1.165, 1.54) is 49.5 Å². The molecule has 1 fully saturated rings. The van der Waals surface area contributed by atoms with Gasteiger partial charge in [-0.25, -0.2) is 0 Å². The zero-order valence-electron chi connectivity index (χ0n) is 11.8.